The molecule has 148 valence electrons. The highest BCUT2D eigenvalue weighted by Gasteiger charge is 2.20. The van der Waals surface area contributed by atoms with Crippen LogP contribution in [0, 0.1) is 5.92 Å². The molecular weight excluding hydrogens is 406 g/mol. The van der Waals surface area contributed by atoms with Crippen LogP contribution in [-0.2, 0) is 7.05 Å². The number of halogens is 1. The van der Waals surface area contributed by atoms with E-state index in [2.05, 4.69) is 15.6 Å². The SMILES string of the molecule is Cn1c(Nc2nc3ccc(Cl)cc3s2)nc2cc(C(=O)C[C@H]3CCNC3)ccc21. The molecule has 0 spiro atoms. The van der Waals surface area contributed by atoms with Crippen LogP contribution < -0.4 is 10.6 Å². The monoisotopic (exact) mass is 425 g/mol. The first-order valence-corrected chi connectivity index (χ1v) is 10.8. The van der Waals surface area contributed by atoms with Gasteiger partial charge in [-0.2, -0.15) is 0 Å². The van der Waals surface area contributed by atoms with Crippen LogP contribution in [0.3, 0.4) is 0 Å². The number of aryl methyl sites for hydroxylation is 1. The summed E-state index contributed by atoms with van der Waals surface area (Å²) in [6.07, 6.45) is 1.66. The molecule has 1 aliphatic rings. The van der Waals surface area contributed by atoms with Gasteiger partial charge in [0.15, 0.2) is 10.9 Å². The second-order valence-corrected chi connectivity index (χ2v) is 8.91. The minimum Gasteiger partial charge on any atom is -0.316 e. The third kappa shape index (κ3) is 3.61. The van der Waals surface area contributed by atoms with Gasteiger partial charge >= 0.3 is 0 Å². The molecule has 1 aliphatic heterocycles. The van der Waals surface area contributed by atoms with E-state index in [4.69, 9.17) is 16.6 Å². The number of fused-ring (bicyclic) bond motifs is 2. The van der Waals surface area contributed by atoms with Gasteiger partial charge in [-0.15, -0.1) is 0 Å². The number of hydrogen-bond donors (Lipinski definition) is 2. The summed E-state index contributed by atoms with van der Waals surface area (Å²) in [5, 5.41) is 8.07. The van der Waals surface area contributed by atoms with Crippen LogP contribution >= 0.6 is 22.9 Å². The quantitative estimate of drug-likeness (QED) is 0.451. The Labute approximate surface area is 176 Å². The Morgan fingerprint density at radius 1 is 1.28 bits per heavy atom. The smallest absolute Gasteiger partial charge is 0.209 e. The van der Waals surface area contributed by atoms with Crippen molar-refractivity contribution < 1.29 is 4.79 Å². The van der Waals surface area contributed by atoms with Gasteiger partial charge in [-0.25, -0.2) is 9.97 Å². The normalized spacial score (nSPS) is 16.7. The molecule has 0 bridgehead atoms. The first-order chi connectivity index (χ1) is 14.1. The molecule has 1 fully saturated rings. The molecule has 0 aliphatic carbocycles. The average molecular weight is 426 g/mol. The topological polar surface area (TPSA) is 71.8 Å². The number of anilines is 2. The first kappa shape index (κ1) is 18.5. The number of ketones is 1. The van der Waals surface area contributed by atoms with Crippen molar-refractivity contribution >= 4 is 61.1 Å². The van der Waals surface area contributed by atoms with E-state index in [1.165, 1.54) is 11.3 Å². The molecule has 0 saturated carbocycles. The van der Waals surface area contributed by atoms with Gasteiger partial charge in [0.25, 0.3) is 0 Å². The number of carbonyl (C=O) groups excluding carboxylic acids is 1. The van der Waals surface area contributed by atoms with Crippen LogP contribution in [0.15, 0.2) is 36.4 Å². The standard InChI is InChI=1S/C21H20ClN5OS/c1-27-17-5-2-13(18(28)8-12-6-7-23-11-12)9-16(17)24-20(27)26-21-25-15-4-3-14(22)10-19(15)29-21/h2-5,9-10,12,23H,6-8,11H2,1H3,(H,24,25,26)/t12-/m1/s1. The van der Waals surface area contributed by atoms with E-state index in [1.807, 2.05) is 48.0 Å². The van der Waals surface area contributed by atoms with Crippen LogP contribution in [0.2, 0.25) is 5.02 Å². The molecule has 4 aromatic rings. The molecule has 2 N–H and O–H groups in total. The molecule has 2 aromatic heterocycles. The Morgan fingerprint density at radius 2 is 2.17 bits per heavy atom. The number of aromatic nitrogens is 3. The Bertz CT molecular complexity index is 1220. The summed E-state index contributed by atoms with van der Waals surface area (Å²) in [4.78, 5) is 22.0. The number of thiazole rings is 1. The molecule has 6 nitrogen and oxygen atoms in total. The highest BCUT2D eigenvalue weighted by molar-refractivity contribution is 7.22. The van der Waals surface area contributed by atoms with Crippen molar-refractivity contribution in [3.8, 4) is 0 Å². The lowest BCUT2D eigenvalue weighted by molar-refractivity contribution is 0.0964. The number of nitrogens with zero attached hydrogens (tertiary/aromatic N) is 3. The third-order valence-electron chi connectivity index (χ3n) is 5.41. The molecule has 0 unspecified atom stereocenters. The van der Waals surface area contributed by atoms with E-state index in [0.29, 0.717) is 23.3 Å². The lowest BCUT2D eigenvalue weighted by Crippen LogP contribution is -2.12. The van der Waals surface area contributed by atoms with E-state index in [-0.39, 0.29) is 5.78 Å². The lowest BCUT2D eigenvalue weighted by atomic mass is 9.97. The van der Waals surface area contributed by atoms with Gasteiger partial charge in [-0.3, -0.25) is 4.79 Å². The van der Waals surface area contributed by atoms with Crippen LogP contribution in [0.25, 0.3) is 21.3 Å². The van der Waals surface area contributed by atoms with Gasteiger partial charge in [0.2, 0.25) is 5.95 Å². The second kappa shape index (κ2) is 7.40. The first-order valence-electron chi connectivity index (χ1n) is 9.60. The maximum absolute atomic E-state index is 12.7. The minimum atomic E-state index is 0.184. The highest BCUT2D eigenvalue weighted by Crippen LogP contribution is 2.31. The summed E-state index contributed by atoms with van der Waals surface area (Å²) in [6, 6.07) is 11.4. The van der Waals surface area contributed by atoms with E-state index in [0.717, 1.165) is 51.5 Å². The van der Waals surface area contributed by atoms with Gasteiger partial charge in [0.05, 0.1) is 21.3 Å². The fraction of sp³-hybridized carbons (Fsp3) is 0.286. The Morgan fingerprint density at radius 3 is 3.00 bits per heavy atom. The molecule has 2 aromatic carbocycles. The molecular formula is C21H20ClN5OS. The van der Waals surface area contributed by atoms with Crippen molar-refractivity contribution in [3.63, 3.8) is 0 Å². The van der Waals surface area contributed by atoms with Gasteiger partial charge in [-0.05, 0) is 61.8 Å². The summed E-state index contributed by atoms with van der Waals surface area (Å²) < 4.78 is 3.00. The molecule has 1 saturated heterocycles. The van der Waals surface area contributed by atoms with E-state index >= 15 is 0 Å². The van der Waals surface area contributed by atoms with E-state index in [1.54, 1.807) is 0 Å². The number of imidazole rings is 1. The summed E-state index contributed by atoms with van der Waals surface area (Å²) in [5.74, 6) is 1.31. The van der Waals surface area contributed by atoms with Crippen molar-refractivity contribution in [2.24, 2.45) is 13.0 Å². The molecule has 8 heteroatoms. The van der Waals surface area contributed by atoms with Gasteiger partial charge in [0, 0.05) is 24.1 Å². The zero-order valence-corrected chi connectivity index (χ0v) is 17.5. The summed E-state index contributed by atoms with van der Waals surface area (Å²) in [5.41, 5.74) is 3.39. The number of Topliss-reactive ketones (excluding diaryl/α,β-unsaturated/α-hetero) is 1. The number of carbonyl (C=O) groups is 1. The average Bonchev–Trinajstić information content (AvgIpc) is 3.41. The van der Waals surface area contributed by atoms with Crippen molar-refractivity contribution in [2.75, 3.05) is 18.4 Å². The predicted octanol–water partition coefficient (Wildman–Crippen LogP) is 4.76. The van der Waals surface area contributed by atoms with Crippen molar-refractivity contribution in [1.29, 1.82) is 0 Å². The third-order valence-corrected chi connectivity index (χ3v) is 6.58. The summed E-state index contributed by atoms with van der Waals surface area (Å²) in [6.45, 7) is 1.93. The zero-order chi connectivity index (χ0) is 20.0. The number of benzene rings is 2. The molecule has 29 heavy (non-hydrogen) atoms. The summed E-state index contributed by atoms with van der Waals surface area (Å²) in [7, 11) is 1.95. The lowest BCUT2D eigenvalue weighted by Gasteiger charge is -2.07. The van der Waals surface area contributed by atoms with Gasteiger partial charge in [-0.1, -0.05) is 22.9 Å². The Hall–Kier alpha value is -2.48. The fourth-order valence-corrected chi connectivity index (χ4v) is 4.94. The molecule has 0 amide bonds. The van der Waals surface area contributed by atoms with Crippen LogP contribution in [0.5, 0.6) is 0 Å². The van der Waals surface area contributed by atoms with Crippen molar-refractivity contribution in [2.45, 2.75) is 12.8 Å². The van der Waals surface area contributed by atoms with Gasteiger partial charge in [0.1, 0.15) is 0 Å². The van der Waals surface area contributed by atoms with E-state index < -0.39 is 0 Å². The maximum atomic E-state index is 12.7. The Kier molecular flexibility index (Phi) is 4.73. The number of hydrogen-bond acceptors (Lipinski definition) is 6. The zero-order valence-electron chi connectivity index (χ0n) is 15.9. The molecule has 1 atom stereocenters. The van der Waals surface area contributed by atoms with Crippen LogP contribution in [0.4, 0.5) is 11.1 Å². The minimum absolute atomic E-state index is 0.184. The van der Waals surface area contributed by atoms with Gasteiger partial charge < -0.3 is 15.2 Å². The second-order valence-electron chi connectivity index (χ2n) is 7.44. The van der Waals surface area contributed by atoms with Crippen LogP contribution in [-0.4, -0.2) is 33.4 Å². The summed E-state index contributed by atoms with van der Waals surface area (Å²) >= 11 is 7.60. The van der Waals surface area contributed by atoms with Crippen LogP contribution in [0.1, 0.15) is 23.2 Å². The van der Waals surface area contributed by atoms with E-state index in [9.17, 15) is 4.79 Å². The largest absolute Gasteiger partial charge is 0.316 e. The highest BCUT2D eigenvalue weighted by atomic mass is 35.5. The fourth-order valence-electron chi connectivity index (χ4n) is 3.80. The maximum Gasteiger partial charge on any atom is 0.209 e. The number of rotatable bonds is 5. The predicted molar refractivity (Wildman–Crippen MR) is 119 cm³/mol. The molecule has 0 radical (unpaired) electrons. The number of nitrogens with one attached hydrogen (secondary N) is 2. The molecule has 5 rings (SSSR count). The van der Waals surface area contributed by atoms with Crippen molar-refractivity contribution in [1.82, 2.24) is 19.9 Å². The van der Waals surface area contributed by atoms with Crippen molar-refractivity contribution in [3.05, 3.63) is 47.0 Å². The molecule has 3 heterocycles. The Balaban J connectivity index is 1.41.